The second kappa shape index (κ2) is 8.98. The van der Waals surface area contributed by atoms with Crippen molar-refractivity contribution in [2.24, 2.45) is 0 Å². The van der Waals surface area contributed by atoms with Crippen molar-refractivity contribution in [3.05, 3.63) is 57.4 Å². The summed E-state index contributed by atoms with van der Waals surface area (Å²) < 4.78 is 6.16. The Kier molecular flexibility index (Phi) is 6.34. The molecule has 1 aromatic heterocycles. The second-order valence-corrected chi connectivity index (χ2v) is 9.08. The van der Waals surface area contributed by atoms with Gasteiger partial charge in [-0.2, -0.15) is 0 Å². The Morgan fingerprint density at radius 1 is 1.10 bits per heavy atom. The van der Waals surface area contributed by atoms with Crippen LogP contribution >= 0.6 is 46.8 Å². The molecule has 9 heteroatoms. The van der Waals surface area contributed by atoms with Crippen LogP contribution in [-0.4, -0.2) is 54.1 Å². The summed E-state index contributed by atoms with van der Waals surface area (Å²) in [5.41, 5.74) is 0.869. The van der Waals surface area contributed by atoms with Gasteiger partial charge in [-0.1, -0.05) is 35.3 Å². The summed E-state index contributed by atoms with van der Waals surface area (Å²) in [4.78, 5) is 17.5. The third-order valence-electron chi connectivity index (χ3n) is 4.96. The summed E-state index contributed by atoms with van der Waals surface area (Å²) in [7, 11) is 1.63. The van der Waals surface area contributed by atoms with Crippen molar-refractivity contribution in [2.75, 3.05) is 38.6 Å². The number of methoxy groups -OCH3 is 1. The van der Waals surface area contributed by atoms with Crippen LogP contribution < -0.4 is 10.1 Å². The molecule has 0 saturated carbocycles. The fourth-order valence-electron chi connectivity index (χ4n) is 3.34. The van der Waals surface area contributed by atoms with Crippen LogP contribution in [0.2, 0.25) is 10.0 Å². The van der Waals surface area contributed by atoms with Crippen LogP contribution in [0.25, 0.3) is 10.1 Å². The van der Waals surface area contributed by atoms with Crippen LogP contribution in [0.5, 0.6) is 5.75 Å². The highest BCUT2D eigenvalue weighted by molar-refractivity contribution is 7.80. The molecule has 2 aromatic carbocycles. The first-order valence-corrected chi connectivity index (χ1v) is 11.3. The lowest BCUT2D eigenvalue weighted by atomic mass is 10.2. The Balaban J connectivity index is 1.40. The van der Waals surface area contributed by atoms with Gasteiger partial charge in [0, 0.05) is 53.0 Å². The van der Waals surface area contributed by atoms with Crippen LogP contribution in [0.15, 0.2) is 42.5 Å². The molecule has 1 aliphatic heterocycles. The molecular formula is C21H19Cl2N3O2S2. The molecule has 30 heavy (non-hydrogen) atoms. The SMILES string of the molecule is COc1cccc(NC(=S)N2CCN(C(=O)c3sc4cc(Cl)ccc4c3Cl)CC2)c1. The van der Waals surface area contributed by atoms with Crippen molar-refractivity contribution in [1.29, 1.82) is 0 Å². The predicted molar refractivity (Wildman–Crippen MR) is 129 cm³/mol. The van der Waals surface area contributed by atoms with Gasteiger partial charge in [0.2, 0.25) is 0 Å². The molecule has 156 valence electrons. The van der Waals surface area contributed by atoms with E-state index in [1.54, 1.807) is 13.2 Å². The zero-order valence-electron chi connectivity index (χ0n) is 16.2. The Morgan fingerprint density at radius 3 is 2.57 bits per heavy atom. The van der Waals surface area contributed by atoms with E-state index in [1.807, 2.05) is 41.3 Å². The summed E-state index contributed by atoms with van der Waals surface area (Å²) in [5.74, 6) is 0.711. The molecular weight excluding hydrogens is 461 g/mol. The molecule has 5 nitrogen and oxygen atoms in total. The Hall–Kier alpha value is -2.06. The first-order valence-electron chi connectivity index (χ1n) is 9.33. The van der Waals surface area contributed by atoms with Gasteiger partial charge < -0.3 is 19.9 Å². The lowest BCUT2D eigenvalue weighted by Gasteiger charge is -2.36. The maximum Gasteiger partial charge on any atom is 0.265 e. The number of benzene rings is 2. The number of carbonyl (C=O) groups is 1. The fraction of sp³-hybridized carbons (Fsp3) is 0.238. The Labute approximate surface area is 194 Å². The maximum absolute atomic E-state index is 13.1. The molecule has 0 spiro atoms. The van der Waals surface area contributed by atoms with Gasteiger partial charge in [0.25, 0.3) is 5.91 Å². The summed E-state index contributed by atoms with van der Waals surface area (Å²) in [6.07, 6.45) is 0. The number of fused-ring (bicyclic) bond motifs is 1. The van der Waals surface area contributed by atoms with E-state index in [0.29, 0.717) is 46.2 Å². The van der Waals surface area contributed by atoms with Crippen LogP contribution in [0, 0.1) is 0 Å². The van der Waals surface area contributed by atoms with Crippen molar-refractivity contribution in [3.8, 4) is 5.75 Å². The maximum atomic E-state index is 13.1. The van der Waals surface area contributed by atoms with Crippen molar-refractivity contribution in [1.82, 2.24) is 9.80 Å². The number of hydrogen-bond donors (Lipinski definition) is 1. The van der Waals surface area contributed by atoms with Crippen molar-refractivity contribution < 1.29 is 9.53 Å². The number of nitrogens with one attached hydrogen (secondary N) is 1. The molecule has 1 N–H and O–H groups in total. The van der Waals surface area contributed by atoms with Crippen LogP contribution in [0.1, 0.15) is 9.67 Å². The largest absolute Gasteiger partial charge is 0.497 e. The molecule has 0 bridgehead atoms. The highest BCUT2D eigenvalue weighted by Gasteiger charge is 2.27. The predicted octanol–water partition coefficient (Wildman–Crippen LogP) is 5.37. The lowest BCUT2D eigenvalue weighted by molar-refractivity contribution is 0.0698. The minimum absolute atomic E-state index is 0.0522. The normalized spacial score (nSPS) is 14.1. The molecule has 1 amide bonds. The van der Waals surface area contributed by atoms with Gasteiger partial charge >= 0.3 is 0 Å². The average Bonchev–Trinajstić information content (AvgIpc) is 3.09. The lowest BCUT2D eigenvalue weighted by Crippen LogP contribution is -2.51. The molecule has 0 atom stereocenters. The van der Waals surface area contributed by atoms with Gasteiger partial charge in [0.15, 0.2) is 5.11 Å². The fourth-order valence-corrected chi connectivity index (χ4v) is 5.39. The number of amides is 1. The third kappa shape index (κ3) is 4.34. The number of carbonyl (C=O) groups excluding carboxylic acids is 1. The van der Waals surface area contributed by atoms with Crippen molar-refractivity contribution >= 4 is 73.5 Å². The number of thiophene rings is 1. The first-order chi connectivity index (χ1) is 14.5. The minimum Gasteiger partial charge on any atom is -0.497 e. The van der Waals surface area contributed by atoms with E-state index in [1.165, 1.54) is 11.3 Å². The number of anilines is 1. The number of nitrogens with zero attached hydrogens (tertiary/aromatic N) is 2. The van der Waals surface area contributed by atoms with Gasteiger partial charge in [0.1, 0.15) is 10.6 Å². The quantitative estimate of drug-likeness (QED) is 0.511. The monoisotopic (exact) mass is 479 g/mol. The molecule has 4 rings (SSSR count). The molecule has 1 aliphatic rings. The number of piperazine rings is 1. The number of ether oxygens (including phenoxy) is 1. The Bertz CT molecular complexity index is 1110. The van der Waals surface area contributed by atoms with E-state index in [4.69, 9.17) is 40.2 Å². The van der Waals surface area contributed by atoms with Gasteiger partial charge in [-0.15, -0.1) is 11.3 Å². The molecule has 3 aromatic rings. The highest BCUT2D eigenvalue weighted by atomic mass is 35.5. The molecule has 0 unspecified atom stereocenters. The molecule has 1 fully saturated rings. The van der Waals surface area contributed by atoms with Crippen molar-refractivity contribution in [3.63, 3.8) is 0 Å². The molecule has 2 heterocycles. The third-order valence-corrected chi connectivity index (χ3v) is 7.20. The zero-order valence-corrected chi connectivity index (χ0v) is 19.3. The van der Waals surface area contributed by atoms with Crippen LogP contribution in [0.4, 0.5) is 5.69 Å². The number of halogens is 2. The Morgan fingerprint density at radius 2 is 1.83 bits per heavy atom. The smallest absolute Gasteiger partial charge is 0.265 e. The van der Waals surface area contributed by atoms with Crippen LogP contribution in [-0.2, 0) is 0 Å². The summed E-state index contributed by atoms with van der Waals surface area (Å²) >= 11 is 19.5. The number of hydrogen-bond acceptors (Lipinski definition) is 4. The summed E-state index contributed by atoms with van der Waals surface area (Å²) in [5, 5.41) is 5.85. The van der Waals surface area contributed by atoms with E-state index in [-0.39, 0.29) is 5.91 Å². The van der Waals surface area contributed by atoms with E-state index >= 15 is 0 Å². The first kappa shape index (κ1) is 21.2. The van der Waals surface area contributed by atoms with E-state index in [0.717, 1.165) is 21.5 Å². The van der Waals surface area contributed by atoms with E-state index in [9.17, 15) is 4.79 Å². The minimum atomic E-state index is -0.0522. The second-order valence-electron chi connectivity index (χ2n) is 6.83. The van der Waals surface area contributed by atoms with Crippen LogP contribution in [0.3, 0.4) is 0 Å². The standard InChI is InChI=1S/C21H19Cl2N3O2S2/c1-28-15-4-2-3-14(12-15)24-21(29)26-9-7-25(8-10-26)20(27)19-18(23)16-6-5-13(22)11-17(16)30-19/h2-6,11-12H,7-10H2,1H3,(H,24,29). The average molecular weight is 480 g/mol. The number of rotatable bonds is 3. The summed E-state index contributed by atoms with van der Waals surface area (Å²) in [6, 6.07) is 13.1. The number of thiocarbonyl (C=S) groups is 1. The van der Waals surface area contributed by atoms with Gasteiger partial charge in [-0.05, 0) is 36.5 Å². The molecule has 0 aliphatic carbocycles. The molecule has 1 saturated heterocycles. The summed E-state index contributed by atoms with van der Waals surface area (Å²) in [6.45, 7) is 2.44. The van der Waals surface area contributed by atoms with Crippen molar-refractivity contribution in [2.45, 2.75) is 0 Å². The molecule has 0 radical (unpaired) electrons. The zero-order chi connectivity index (χ0) is 21.3. The van der Waals surface area contributed by atoms with Gasteiger partial charge in [-0.25, -0.2) is 0 Å². The van der Waals surface area contributed by atoms with Gasteiger partial charge in [-0.3, -0.25) is 4.79 Å². The highest BCUT2D eigenvalue weighted by Crippen LogP contribution is 2.37. The van der Waals surface area contributed by atoms with E-state index in [2.05, 4.69) is 10.2 Å². The topological polar surface area (TPSA) is 44.8 Å². The van der Waals surface area contributed by atoms with E-state index < -0.39 is 0 Å². The van der Waals surface area contributed by atoms with Gasteiger partial charge in [0.05, 0.1) is 12.1 Å².